The smallest absolute Gasteiger partial charge is 0.178 e. The summed E-state index contributed by atoms with van der Waals surface area (Å²) < 4.78 is 1.72. The van der Waals surface area contributed by atoms with Crippen LogP contribution in [0.5, 0.6) is 0 Å². The lowest BCUT2D eigenvalue weighted by Gasteiger charge is -1.96. The van der Waals surface area contributed by atoms with E-state index in [1.54, 1.807) is 10.7 Å². The third-order valence-corrected chi connectivity index (χ3v) is 2.54. The lowest BCUT2D eigenvalue weighted by molar-refractivity contribution is 0.822. The van der Waals surface area contributed by atoms with Crippen LogP contribution in [0.1, 0.15) is 30.0 Å². The van der Waals surface area contributed by atoms with E-state index in [0.717, 1.165) is 16.9 Å². The van der Waals surface area contributed by atoms with Gasteiger partial charge in [0.2, 0.25) is 0 Å². The Morgan fingerprint density at radius 2 is 2.36 bits per heavy atom. The molecule has 0 unspecified atom stereocenters. The molecule has 1 aliphatic carbocycles. The molecule has 0 atom stereocenters. The molecule has 1 saturated carbocycles. The van der Waals surface area contributed by atoms with Crippen molar-refractivity contribution in [2.75, 3.05) is 0 Å². The predicted octanol–water partition coefficient (Wildman–Crippen LogP) is 0.460. The van der Waals surface area contributed by atoms with Crippen LogP contribution in [0.25, 0.3) is 5.65 Å². The van der Waals surface area contributed by atoms with E-state index < -0.39 is 0 Å². The Hall–Kier alpha value is -1.49. The summed E-state index contributed by atoms with van der Waals surface area (Å²) in [5.41, 5.74) is 8.41. The molecule has 72 valence electrons. The molecule has 2 heterocycles. The Morgan fingerprint density at radius 3 is 3.07 bits per heavy atom. The van der Waals surface area contributed by atoms with Crippen LogP contribution in [0.3, 0.4) is 0 Å². The van der Waals surface area contributed by atoms with Crippen molar-refractivity contribution in [3.05, 3.63) is 23.7 Å². The van der Waals surface area contributed by atoms with E-state index in [2.05, 4.69) is 15.3 Å². The van der Waals surface area contributed by atoms with Crippen molar-refractivity contribution in [1.29, 1.82) is 0 Å². The average molecular weight is 189 g/mol. The molecule has 0 aliphatic heterocycles. The van der Waals surface area contributed by atoms with Crippen LogP contribution in [-0.4, -0.2) is 19.8 Å². The Kier molecular flexibility index (Phi) is 1.55. The Bertz CT molecular complexity index is 471. The van der Waals surface area contributed by atoms with Gasteiger partial charge in [0, 0.05) is 30.4 Å². The fourth-order valence-electron chi connectivity index (χ4n) is 1.57. The lowest BCUT2D eigenvalue weighted by atomic mass is 10.3. The van der Waals surface area contributed by atoms with E-state index in [9.17, 15) is 0 Å². The zero-order chi connectivity index (χ0) is 9.54. The third kappa shape index (κ3) is 1.09. The number of fused-ring (bicyclic) bond motifs is 1. The maximum absolute atomic E-state index is 5.52. The summed E-state index contributed by atoms with van der Waals surface area (Å²) in [5.74, 6) is 0.587. The van der Waals surface area contributed by atoms with Gasteiger partial charge in [0.15, 0.2) is 5.65 Å². The highest BCUT2D eigenvalue weighted by molar-refractivity contribution is 5.46. The van der Waals surface area contributed by atoms with E-state index in [-0.39, 0.29) is 0 Å². The molecule has 3 rings (SSSR count). The first-order valence-corrected chi connectivity index (χ1v) is 4.78. The van der Waals surface area contributed by atoms with Crippen LogP contribution >= 0.6 is 0 Å². The molecule has 1 fully saturated rings. The first kappa shape index (κ1) is 7.87. The summed E-state index contributed by atoms with van der Waals surface area (Å²) in [6.07, 6.45) is 6.12. The van der Waals surface area contributed by atoms with Crippen molar-refractivity contribution in [3.8, 4) is 0 Å². The summed E-state index contributed by atoms with van der Waals surface area (Å²) >= 11 is 0. The highest BCUT2D eigenvalue weighted by Gasteiger charge is 2.29. The monoisotopic (exact) mass is 189 g/mol. The third-order valence-electron chi connectivity index (χ3n) is 2.54. The predicted molar refractivity (Wildman–Crippen MR) is 50.6 cm³/mol. The van der Waals surface area contributed by atoms with Crippen molar-refractivity contribution in [2.45, 2.75) is 25.3 Å². The van der Waals surface area contributed by atoms with Gasteiger partial charge in [0.25, 0.3) is 0 Å². The van der Waals surface area contributed by atoms with Gasteiger partial charge in [-0.1, -0.05) is 5.21 Å². The van der Waals surface area contributed by atoms with Gasteiger partial charge in [-0.25, -0.2) is 9.50 Å². The van der Waals surface area contributed by atoms with E-state index in [1.165, 1.54) is 12.8 Å². The molecule has 0 amide bonds. The molecule has 1 aliphatic rings. The molecule has 5 nitrogen and oxygen atoms in total. The molecule has 2 aromatic rings. The molecule has 2 N–H and O–H groups in total. The summed E-state index contributed by atoms with van der Waals surface area (Å²) in [4.78, 5) is 4.33. The first-order chi connectivity index (χ1) is 6.88. The molecular weight excluding hydrogens is 178 g/mol. The molecule has 14 heavy (non-hydrogen) atoms. The van der Waals surface area contributed by atoms with Crippen LogP contribution in [-0.2, 0) is 6.54 Å². The van der Waals surface area contributed by atoms with Gasteiger partial charge in [-0.05, 0) is 12.8 Å². The highest BCUT2D eigenvalue weighted by atomic mass is 15.4. The number of rotatable bonds is 2. The van der Waals surface area contributed by atoms with Gasteiger partial charge >= 0.3 is 0 Å². The number of nitrogens with zero attached hydrogens (tertiary/aromatic N) is 4. The van der Waals surface area contributed by atoms with E-state index in [4.69, 9.17) is 5.73 Å². The summed E-state index contributed by atoms with van der Waals surface area (Å²) in [6, 6.07) is 0. The number of nitrogens with two attached hydrogens (primary N) is 1. The van der Waals surface area contributed by atoms with Gasteiger partial charge in [-0.3, -0.25) is 0 Å². The van der Waals surface area contributed by atoms with Gasteiger partial charge < -0.3 is 5.73 Å². The maximum Gasteiger partial charge on any atom is 0.178 e. The van der Waals surface area contributed by atoms with Crippen molar-refractivity contribution in [3.63, 3.8) is 0 Å². The quantitative estimate of drug-likeness (QED) is 0.745. The van der Waals surface area contributed by atoms with Crippen LogP contribution in [0.2, 0.25) is 0 Å². The van der Waals surface area contributed by atoms with Crippen LogP contribution in [0, 0.1) is 0 Å². The topological polar surface area (TPSA) is 69.1 Å². The molecule has 0 bridgehead atoms. The van der Waals surface area contributed by atoms with Crippen molar-refractivity contribution < 1.29 is 0 Å². The minimum Gasteiger partial charge on any atom is -0.326 e. The van der Waals surface area contributed by atoms with E-state index in [1.807, 2.05) is 6.20 Å². The second-order valence-corrected chi connectivity index (χ2v) is 3.68. The number of hydrogen-bond acceptors (Lipinski definition) is 4. The molecule has 0 radical (unpaired) electrons. The Balaban J connectivity index is 2.17. The number of aromatic nitrogens is 4. The molecule has 5 heteroatoms. The summed E-state index contributed by atoms with van der Waals surface area (Å²) in [7, 11) is 0. The highest BCUT2D eigenvalue weighted by Crippen LogP contribution is 2.40. The van der Waals surface area contributed by atoms with Crippen molar-refractivity contribution >= 4 is 5.65 Å². The fourth-order valence-corrected chi connectivity index (χ4v) is 1.57. The van der Waals surface area contributed by atoms with E-state index >= 15 is 0 Å². The van der Waals surface area contributed by atoms with Gasteiger partial charge in [0.1, 0.15) is 5.69 Å². The molecule has 0 saturated heterocycles. The second kappa shape index (κ2) is 2.75. The molecule has 2 aromatic heterocycles. The lowest BCUT2D eigenvalue weighted by Crippen LogP contribution is -2.00. The zero-order valence-corrected chi connectivity index (χ0v) is 7.72. The summed E-state index contributed by atoms with van der Waals surface area (Å²) in [6.45, 7) is 0.488. The summed E-state index contributed by atoms with van der Waals surface area (Å²) in [5, 5.41) is 8.18. The van der Waals surface area contributed by atoms with Gasteiger partial charge in [0.05, 0.1) is 0 Å². The normalized spacial score (nSPS) is 16.4. The zero-order valence-electron chi connectivity index (χ0n) is 7.72. The van der Waals surface area contributed by atoms with Crippen molar-refractivity contribution in [1.82, 2.24) is 19.8 Å². The van der Waals surface area contributed by atoms with Crippen LogP contribution in [0.15, 0.2) is 12.4 Å². The van der Waals surface area contributed by atoms with Gasteiger partial charge in [-0.15, -0.1) is 5.10 Å². The fraction of sp³-hybridized carbons (Fsp3) is 0.444. The molecule has 0 aromatic carbocycles. The standard InChI is InChI=1S/C9H11N5/c10-3-6-4-11-9-8(7-1-2-7)12-13-14(9)5-6/h4-5,7H,1-3,10H2. The van der Waals surface area contributed by atoms with Crippen molar-refractivity contribution in [2.24, 2.45) is 5.73 Å². The minimum absolute atomic E-state index is 0.488. The van der Waals surface area contributed by atoms with Gasteiger partial charge in [-0.2, -0.15) is 0 Å². The molecule has 0 spiro atoms. The minimum atomic E-state index is 0.488. The van der Waals surface area contributed by atoms with Crippen LogP contribution in [0.4, 0.5) is 0 Å². The first-order valence-electron chi connectivity index (χ1n) is 4.78. The average Bonchev–Trinajstić information content (AvgIpc) is 2.98. The van der Waals surface area contributed by atoms with E-state index in [0.29, 0.717) is 12.5 Å². The SMILES string of the molecule is NCc1cnc2c(C3CC3)nnn2c1. The Labute approximate surface area is 80.9 Å². The number of hydrogen-bond donors (Lipinski definition) is 1. The maximum atomic E-state index is 5.52. The largest absolute Gasteiger partial charge is 0.326 e. The Morgan fingerprint density at radius 1 is 1.50 bits per heavy atom. The second-order valence-electron chi connectivity index (χ2n) is 3.68. The van der Waals surface area contributed by atoms with Crippen LogP contribution < -0.4 is 5.73 Å². The molecular formula is C9H11N5.